The predicted molar refractivity (Wildman–Crippen MR) is 131 cm³/mol. The van der Waals surface area contributed by atoms with Gasteiger partial charge in [-0.25, -0.2) is 0 Å². The Morgan fingerprint density at radius 3 is 2.76 bits per heavy atom. The van der Waals surface area contributed by atoms with Crippen LogP contribution < -0.4 is 10.9 Å². The number of pyridine rings is 1. The van der Waals surface area contributed by atoms with E-state index in [1.807, 2.05) is 24.3 Å². The summed E-state index contributed by atoms with van der Waals surface area (Å²) in [6.07, 6.45) is 2.23. The van der Waals surface area contributed by atoms with E-state index in [0.29, 0.717) is 11.7 Å². The van der Waals surface area contributed by atoms with E-state index in [1.54, 1.807) is 0 Å². The zero-order valence-electron chi connectivity index (χ0n) is 19.3. The number of benzene rings is 2. The smallest absolute Gasteiger partial charge is 0.280 e. The molecule has 3 heterocycles. The molecule has 0 bridgehead atoms. The number of aromatic nitrogens is 2. The lowest BCUT2D eigenvalue weighted by Gasteiger charge is -2.25. The topological polar surface area (TPSA) is 80.2 Å². The first kappa shape index (κ1) is 21.5. The molecule has 0 radical (unpaired) electrons. The third-order valence-corrected chi connectivity index (χ3v) is 6.50. The van der Waals surface area contributed by atoms with Gasteiger partial charge in [0.25, 0.3) is 5.56 Å². The van der Waals surface area contributed by atoms with Crippen molar-refractivity contribution in [3.63, 3.8) is 0 Å². The fourth-order valence-corrected chi connectivity index (χ4v) is 4.87. The van der Waals surface area contributed by atoms with Gasteiger partial charge < -0.3 is 14.6 Å². The van der Waals surface area contributed by atoms with Gasteiger partial charge in [0.05, 0.1) is 18.2 Å². The summed E-state index contributed by atoms with van der Waals surface area (Å²) >= 11 is 0. The molecule has 1 saturated heterocycles. The minimum absolute atomic E-state index is 0.0131. The first-order valence-electron chi connectivity index (χ1n) is 11.5. The molecule has 2 aromatic heterocycles. The fraction of sp³-hybridized carbons (Fsp3) is 0.333. The van der Waals surface area contributed by atoms with Gasteiger partial charge in [0.2, 0.25) is 0 Å². The van der Waals surface area contributed by atoms with Gasteiger partial charge >= 0.3 is 0 Å². The quantitative estimate of drug-likeness (QED) is 0.403. The minimum atomic E-state index is -0.252. The number of rotatable bonds is 5. The molecule has 2 N–H and O–H groups in total. The molecule has 6 heteroatoms. The van der Waals surface area contributed by atoms with Crippen LogP contribution in [0.5, 0.6) is 0 Å². The molecule has 0 unspecified atom stereocenters. The van der Waals surface area contributed by atoms with E-state index in [2.05, 4.69) is 49.4 Å². The summed E-state index contributed by atoms with van der Waals surface area (Å²) in [5.74, 6) is 0.909. The summed E-state index contributed by atoms with van der Waals surface area (Å²) in [5, 5.41) is 7.18. The van der Waals surface area contributed by atoms with E-state index < -0.39 is 0 Å². The van der Waals surface area contributed by atoms with E-state index in [4.69, 9.17) is 14.2 Å². The van der Waals surface area contributed by atoms with Crippen molar-refractivity contribution >= 4 is 16.6 Å². The number of hydrogen-bond acceptors (Lipinski definition) is 5. The second-order valence-corrected chi connectivity index (χ2v) is 8.99. The van der Waals surface area contributed by atoms with Crippen LogP contribution >= 0.6 is 0 Å². The highest BCUT2D eigenvalue weighted by atomic mass is 16.5. The highest BCUT2D eigenvalue weighted by molar-refractivity contribution is 5.85. The first-order chi connectivity index (χ1) is 16.0. The van der Waals surface area contributed by atoms with E-state index in [1.165, 1.54) is 22.8 Å². The second-order valence-electron chi connectivity index (χ2n) is 8.99. The Morgan fingerprint density at radius 2 is 2.00 bits per heavy atom. The van der Waals surface area contributed by atoms with E-state index in [0.717, 1.165) is 53.9 Å². The molecule has 1 aliphatic rings. The van der Waals surface area contributed by atoms with Crippen molar-refractivity contribution in [1.82, 2.24) is 10.1 Å². The largest absolute Gasteiger partial charge is 0.381 e. The molecule has 0 aliphatic carbocycles. The standard InChI is InChI=1S/C27H29N3O3/c1-16-11-22(18(3)28-24-9-5-4-8-20(24)26-14-27(31)30-33-26)23-13-21(17(2)29-25(23)12-16)19-7-6-10-32-15-19/h4-5,8-9,11-14,18-19,28H,6-7,10,15H2,1-3H3,(H,30,31)/t18-,19+/m0/s1. The lowest BCUT2D eigenvalue weighted by atomic mass is 9.89. The minimum Gasteiger partial charge on any atom is -0.381 e. The number of H-pyrrole nitrogens is 1. The molecule has 2 atom stereocenters. The second kappa shape index (κ2) is 8.87. The van der Waals surface area contributed by atoms with Crippen LogP contribution in [0.3, 0.4) is 0 Å². The Balaban J connectivity index is 1.55. The van der Waals surface area contributed by atoms with Crippen LogP contribution in [-0.2, 0) is 4.74 Å². The average Bonchev–Trinajstić information content (AvgIpc) is 3.25. The van der Waals surface area contributed by atoms with E-state index in [-0.39, 0.29) is 11.6 Å². The number of ether oxygens (including phenoxy) is 1. The molecule has 0 spiro atoms. The third kappa shape index (κ3) is 4.31. The van der Waals surface area contributed by atoms with Gasteiger partial charge in [-0.05, 0) is 74.6 Å². The van der Waals surface area contributed by atoms with Crippen LogP contribution in [0, 0.1) is 13.8 Å². The Hall–Kier alpha value is -3.38. The van der Waals surface area contributed by atoms with Gasteiger partial charge in [-0.15, -0.1) is 0 Å². The maximum absolute atomic E-state index is 11.6. The zero-order chi connectivity index (χ0) is 22.9. The third-order valence-electron chi connectivity index (χ3n) is 6.50. The average molecular weight is 444 g/mol. The van der Waals surface area contributed by atoms with Crippen molar-refractivity contribution in [1.29, 1.82) is 0 Å². The van der Waals surface area contributed by atoms with Gasteiger partial charge in [-0.3, -0.25) is 9.78 Å². The Labute approximate surface area is 193 Å². The van der Waals surface area contributed by atoms with Gasteiger partial charge in [0.1, 0.15) is 0 Å². The van der Waals surface area contributed by atoms with E-state index >= 15 is 0 Å². The van der Waals surface area contributed by atoms with Crippen molar-refractivity contribution in [2.24, 2.45) is 0 Å². The van der Waals surface area contributed by atoms with Crippen molar-refractivity contribution in [3.8, 4) is 11.3 Å². The summed E-state index contributed by atoms with van der Waals surface area (Å²) in [5.41, 5.74) is 7.26. The molecular weight excluding hydrogens is 414 g/mol. The Bertz CT molecular complexity index is 1350. The molecular formula is C27H29N3O3. The summed E-state index contributed by atoms with van der Waals surface area (Å²) in [7, 11) is 0. The molecule has 1 fully saturated rings. The number of fused-ring (bicyclic) bond motifs is 1. The first-order valence-corrected chi connectivity index (χ1v) is 11.5. The summed E-state index contributed by atoms with van der Waals surface area (Å²) in [6, 6.07) is 16.1. The highest BCUT2D eigenvalue weighted by Gasteiger charge is 2.21. The molecule has 1 aliphatic heterocycles. The summed E-state index contributed by atoms with van der Waals surface area (Å²) in [4.78, 5) is 16.6. The van der Waals surface area contributed by atoms with Crippen LogP contribution in [0.1, 0.15) is 54.1 Å². The number of anilines is 1. The fourth-order valence-electron chi connectivity index (χ4n) is 4.87. The number of aromatic amines is 1. The summed E-state index contributed by atoms with van der Waals surface area (Å²) in [6.45, 7) is 7.98. The lowest BCUT2D eigenvalue weighted by Crippen LogP contribution is -2.17. The molecule has 2 aromatic carbocycles. The molecule has 33 heavy (non-hydrogen) atoms. The van der Waals surface area contributed by atoms with Gasteiger partial charge in [0, 0.05) is 40.9 Å². The maximum Gasteiger partial charge on any atom is 0.280 e. The van der Waals surface area contributed by atoms with Gasteiger partial charge in [0.15, 0.2) is 5.76 Å². The Kier molecular flexibility index (Phi) is 5.77. The molecule has 170 valence electrons. The number of nitrogens with one attached hydrogen (secondary N) is 2. The molecule has 5 rings (SSSR count). The molecule has 4 aromatic rings. The highest BCUT2D eigenvalue weighted by Crippen LogP contribution is 2.35. The van der Waals surface area contributed by atoms with Crippen molar-refractivity contribution in [3.05, 3.63) is 81.3 Å². The number of aryl methyl sites for hydroxylation is 2. The van der Waals surface area contributed by atoms with Crippen molar-refractivity contribution in [2.45, 2.75) is 45.6 Å². The predicted octanol–water partition coefficient (Wildman–Crippen LogP) is 5.87. The van der Waals surface area contributed by atoms with E-state index in [9.17, 15) is 4.79 Å². The lowest BCUT2D eigenvalue weighted by molar-refractivity contribution is 0.0802. The van der Waals surface area contributed by atoms with Crippen LogP contribution in [-0.4, -0.2) is 23.4 Å². The summed E-state index contributed by atoms with van der Waals surface area (Å²) < 4.78 is 11.1. The van der Waals surface area contributed by atoms with Crippen molar-refractivity contribution in [2.75, 3.05) is 18.5 Å². The zero-order valence-corrected chi connectivity index (χ0v) is 19.3. The normalized spacial score (nSPS) is 17.2. The monoisotopic (exact) mass is 443 g/mol. The Morgan fingerprint density at radius 1 is 1.15 bits per heavy atom. The van der Waals surface area contributed by atoms with Crippen LogP contribution in [0.4, 0.5) is 5.69 Å². The molecule has 0 saturated carbocycles. The molecule has 0 amide bonds. The van der Waals surface area contributed by atoms with Crippen LogP contribution in [0.25, 0.3) is 22.2 Å². The molecule has 6 nitrogen and oxygen atoms in total. The van der Waals surface area contributed by atoms with Crippen LogP contribution in [0.15, 0.2) is 57.8 Å². The van der Waals surface area contributed by atoms with Gasteiger partial charge in [-0.2, -0.15) is 5.16 Å². The maximum atomic E-state index is 11.6. The SMILES string of the molecule is Cc1cc([C@H](C)Nc2ccccc2-c2cc(=O)[nH]o2)c2cc([C@@H]3CCCOC3)c(C)nc2c1. The number of nitrogens with zero attached hydrogens (tertiary/aromatic N) is 1. The van der Waals surface area contributed by atoms with Gasteiger partial charge in [-0.1, -0.05) is 18.2 Å². The number of para-hydroxylation sites is 1. The number of hydrogen-bond donors (Lipinski definition) is 2. The van der Waals surface area contributed by atoms with Crippen LogP contribution in [0.2, 0.25) is 0 Å². The van der Waals surface area contributed by atoms with Crippen molar-refractivity contribution < 1.29 is 9.26 Å².